The van der Waals surface area contributed by atoms with Crippen LogP contribution in [0, 0.1) is 23.7 Å². The van der Waals surface area contributed by atoms with Gasteiger partial charge in [-0.25, -0.2) is 0 Å². The first-order valence-electron chi connectivity index (χ1n) is 8.88. The molecule has 0 spiro atoms. The maximum Gasteiger partial charge on any atom is 0.455 e. The number of hydrogen-bond acceptors (Lipinski definition) is 1. The number of rotatable bonds is 5. The summed E-state index contributed by atoms with van der Waals surface area (Å²) in [6, 6.07) is 0. The van der Waals surface area contributed by atoms with Crippen molar-refractivity contribution in [2.45, 2.75) is 76.5 Å². The Morgan fingerprint density at radius 3 is 1.60 bits per heavy atom. The van der Waals surface area contributed by atoms with Crippen LogP contribution in [-0.2, 0) is 4.74 Å². The molecule has 0 radical (unpaired) electrons. The summed E-state index contributed by atoms with van der Waals surface area (Å²) in [5.41, 5.74) is 0. The summed E-state index contributed by atoms with van der Waals surface area (Å²) in [6.45, 7) is -0.147. The van der Waals surface area contributed by atoms with Gasteiger partial charge in [0.15, 0.2) is 0 Å². The molecule has 0 amide bonds. The minimum atomic E-state index is -5.89. The molecule has 148 valence electrons. The van der Waals surface area contributed by atoms with Crippen molar-refractivity contribution < 1.29 is 35.5 Å². The van der Waals surface area contributed by atoms with Gasteiger partial charge in [-0.2, -0.15) is 30.7 Å². The van der Waals surface area contributed by atoms with Crippen LogP contribution in [0.3, 0.4) is 0 Å². The Hall–Kier alpha value is -0.530. The van der Waals surface area contributed by atoms with Crippen LogP contribution in [0.2, 0.25) is 0 Å². The van der Waals surface area contributed by atoms with Gasteiger partial charge in [0, 0.05) is 0 Å². The fourth-order valence-corrected chi connectivity index (χ4v) is 4.07. The summed E-state index contributed by atoms with van der Waals surface area (Å²) in [5.74, 6) is -5.01. The van der Waals surface area contributed by atoms with E-state index in [1.54, 1.807) is 0 Å². The molecule has 2 aliphatic carbocycles. The first kappa shape index (κ1) is 20.8. The first-order chi connectivity index (χ1) is 11.4. The van der Waals surface area contributed by atoms with E-state index in [4.69, 9.17) is 0 Å². The van der Waals surface area contributed by atoms with Gasteiger partial charge >= 0.3 is 18.2 Å². The summed E-state index contributed by atoms with van der Waals surface area (Å²) in [7, 11) is 0. The molecule has 2 rings (SSSR count). The fraction of sp³-hybridized carbons (Fsp3) is 1.00. The van der Waals surface area contributed by atoms with Crippen LogP contribution < -0.4 is 0 Å². The van der Waals surface area contributed by atoms with Crippen LogP contribution in [0.5, 0.6) is 0 Å². The molecule has 0 aliphatic heterocycles. The zero-order chi connectivity index (χ0) is 18.9. The molecule has 0 saturated heterocycles. The van der Waals surface area contributed by atoms with E-state index < -0.39 is 30.7 Å². The molecule has 0 aromatic carbocycles. The summed E-state index contributed by atoms with van der Waals surface area (Å²) in [4.78, 5) is 0. The minimum Gasteiger partial charge on any atom is -0.314 e. The third-order valence-corrected chi connectivity index (χ3v) is 5.83. The average molecular weight is 378 g/mol. The van der Waals surface area contributed by atoms with Crippen molar-refractivity contribution >= 4 is 0 Å². The molecule has 0 atom stereocenters. The van der Waals surface area contributed by atoms with Crippen molar-refractivity contribution in [3.8, 4) is 0 Å². The van der Waals surface area contributed by atoms with Gasteiger partial charge in [-0.05, 0) is 56.3 Å². The summed E-state index contributed by atoms with van der Waals surface area (Å²) in [6.07, 6.45) is -4.10. The lowest BCUT2D eigenvalue weighted by Gasteiger charge is -2.39. The predicted molar refractivity (Wildman–Crippen MR) is 78.5 cm³/mol. The smallest absolute Gasteiger partial charge is 0.314 e. The molecule has 2 saturated carbocycles. The number of ether oxygens (including phenoxy) is 1. The Morgan fingerprint density at radius 1 is 0.720 bits per heavy atom. The standard InChI is InChI=1S/C17H25F7O/c1-11-2-4-12(5-3-11)13-6-8-14(9-7-13)16(20,21)25-10-15(18,19)17(22,23)24/h11-14H,2-10H2,1H3. The molecule has 0 aromatic heterocycles. The molecule has 0 bridgehead atoms. The van der Waals surface area contributed by atoms with Gasteiger partial charge in [-0.3, -0.25) is 0 Å². The zero-order valence-electron chi connectivity index (χ0n) is 14.2. The topological polar surface area (TPSA) is 9.23 Å². The quantitative estimate of drug-likeness (QED) is 0.501. The molecular formula is C17H25F7O. The molecule has 0 heterocycles. The van der Waals surface area contributed by atoms with E-state index in [2.05, 4.69) is 11.7 Å². The molecule has 8 heteroatoms. The predicted octanol–water partition coefficient (Wildman–Crippen LogP) is 6.43. The van der Waals surface area contributed by atoms with Crippen LogP contribution in [-0.4, -0.2) is 24.8 Å². The summed E-state index contributed by atoms with van der Waals surface area (Å²) < 4.78 is 93.3. The molecule has 2 fully saturated rings. The Labute approximate surface area is 143 Å². The van der Waals surface area contributed by atoms with Crippen LogP contribution in [0.1, 0.15) is 58.3 Å². The van der Waals surface area contributed by atoms with Crippen LogP contribution in [0.15, 0.2) is 0 Å². The van der Waals surface area contributed by atoms with E-state index in [1.165, 1.54) is 0 Å². The van der Waals surface area contributed by atoms with Gasteiger partial charge in [0.25, 0.3) is 0 Å². The minimum absolute atomic E-state index is 0.0985. The van der Waals surface area contributed by atoms with Gasteiger partial charge in [0.1, 0.15) is 6.61 Å². The monoisotopic (exact) mass is 378 g/mol. The lowest BCUT2D eigenvalue weighted by Crippen LogP contribution is -2.45. The number of halogens is 7. The maximum absolute atomic E-state index is 13.9. The average Bonchev–Trinajstić information content (AvgIpc) is 2.53. The van der Waals surface area contributed by atoms with E-state index in [0.717, 1.165) is 25.7 Å². The van der Waals surface area contributed by atoms with Gasteiger partial charge in [-0.1, -0.05) is 19.8 Å². The van der Waals surface area contributed by atoms with E-state index in [0.29, 0.717) is 30.6 Å². The Kier molecular flexibility index (Phi) is 6.32. The zero-order valence-corrected chi connectivity index (χ0v) is 14.2. The van der Waals surface area contributed by atoms with Crippen molar-refractivity contribution in [3.63, 3.8) is 0 Å². The highest BCUT2D eigenvalue weighted by molar-refractivity contribution is 4.84. The van der Waals surface area contributed by atoms with E-state index in [1.807, 2.05) is 0 Å². The highest BCUT2D eigenvalue weighted by atomic mass is 19.4. The van der Waals surface area contributed by atoms with Gasteiger partial charge in [0.2, 0.25) is 0 Å². The van der Waals surface area contributed by atoms with Crippen molar-refractivity contribution in [1.82, 2.24) is 0 Å². The highest BCUT2D eigenvalue weighted by Gasteiger charge is 2.59. The van der Waals surface area contributed by atoms with E-state index in [9.17, 15) is 30.7 Å². The van der Waals surface area contributed by atoms with Crippen molar-refractivity contribution in [3.05, 3.63) is 0 Å². The lowest BCUT2D eigenvalue weighted by molar-refractivity contribution is -0.345. The third-order valence-electron chi connectivity index (χ3n) is 5.83. The SMILES string of the molecule is CC1CCC(C2CCC(C(F)(F)OCC(F)(F)C(F)(F)F)CC2)CC1. The second-order valence-electron chi connectivity index (χ2n) is 7.68. The van der Waals surface area contributed by atoms with Gasteiger partial charge in [0.05, 0.1) is 5.92 Å². The third kappa shape index (κ3) is 5.23. The largest absolute Gasteiger partial charge is 0.455 e. The fourth-order valence-electron chi connectivity index (χ4n) is 4.07. The summed E-state index contributed by atoms with van der Waals surface area (Å²) >= 11 is 0. The Balaban J connectivity index is 1.82. The molecule has 2 aliphatic rings. The molecule has 25 heavy (non-hydrogen) atoms. The van der Waals surface area contributed by atoms with Crippen molar-refractivity contribution in [2.75, 3.05) is 6.61 Å². The molecule has 0 aromatic rings. The molecular weight excluding hydrogens is 353 g/mol. The Bertz CT molecular complexity index is 419. The second kappa shape index (κ2) is 7.61. The first-order valence-corrected chi connectivity index (χ1v) is 8.88. The molecule has 0 unspecified atom stereocenters. The Morgan fingerprint density at radius 2 is 1.16 bits per heavy atom. The summed E-state index contributed by atoms with van der Waals surface area (Å²) in [5, 5.41) is 0. The normalized spacial score (nSPS) is 32.6. The van der Waals surface area contributed by atoms with Gasteiger partial charge in [-0.15, -0.1) is 0 Å². The lowest BCUT2D eigenvalue weighted by atomic mass is 9.69. The van der Waals surface area contributed by atoms with Gasteiger partial charge < -0.3 is 4.74 Å². The van der Waals surface area contributed by atoms with Crippen LogP contribution >= 0.6 is 0 Å². The van der Waals surface area contributed by atoms with E-state index in [-0.39, 0.29) is 12.8 Å². The molecule has 0 N–H and O–H groups in total. The maximum atomic E-state index is 13.9. The second-order valence-corrected chi connectivity index (χ2v) is 7.68. The van der Waals surface area contributed by atoms with E-state index >= 15 is 0 Å². The van der Waals surface area contributed by atoms with Crippen LogP contribution in [0.4, 0.5) is 30.7 Å². The number of hydrogen-bond donors (Lipinski definition) is 0. The highest BCUT2D eigenvalue weighted by Crippen LogP contribution is 2.46. The molecule has 1 nitrogen and oxygen atoms in total. The number of alkyl halides is 7. The van der Waals surface area contributed by atoms with Crippen molar-refractivity contribution in [1.29, 1.82) is 0 Å². The van der Waals surface area contributed by atoms with Crippen LogP contribution in [0.25, 0.3) is 0 Å². The van der Waals surface area contributed by atoms with Crippen molar-refractivity contribution in [2.24, 2.45) is 23.7 Å².